The van der Waals surface area contributed by atoms with Crippen LogP contribution in [0.3, 0.4) is 0 Å². The Morgan fingerprint density at radius 1 is 1.55 bits per heavy atom. The van der Waals surface area contributed by atoms with Crippen LogP contribution in [0.25, 0.3) is 0 Å². The lowest BCUT2D eigenvalue weighted by Crippen LogP contribution is -2.00. The topological polar surface area (TPSA) is 0 Å². The van der Waals surface area contributed by atoms with Gasteiger partial charge in [-0.15, -0.1) is 23.5 Å². The molecule has 1 unspecified atom stereocenters. The molecule has 1 heterocycles. The van der Waals surface area contributed by atoms with E-state index >= 15 is 0 Å². The van der Waals surface area contributed by atoms with E-state index in [2.05, 4.69) is 36.2 Å². The Morgan fingerprint density at radius 2 is 2.45 bits per heavy atom. The highest BCUT2D eigenvalue weighted by atomic mass is 32.2. The van der Waals surface area contributed by atoms with Crippen molar-refractivity contribution in [3.63, 3.8) is 0 Å². The van der Waals surface area contributed by atoms with Crippen LogP contribution in [-0.4, -0.2) is 26.9 Å². The third-order valence-electron chi connectivity index (χ3n) is 1.60. The van der Waals surface area contributed by atoms with Crippen molar-refractivity contribution in [2.75, 3.05) is 21.7 Å². The zero-order valence-corrected chi connectivity index (χ0v) is 9.84. The SMILES string of the molecule is SCSCCCC1CSCS1. The summed E-state index contributed by atoms with van der Waals surface area (Å²) >= 11 is 10.3. The van der Waals surface area contributed by atoms with E-state index in [1.165, 1.54) is 29.4 Å². The van der Waals surface area contributed by atoms with Crippen LogP contribution in [0.2, 0.25) is 0 Å². The summed E-state index contributed by atoms with van der Waals surface area (Å²) in [7, 11) is 0. The molecule has 1 aliphatic heterocycles. The molecule has 0 aromatic heterocycles. The van der Waals surface area contributed by atoms with Crippen molar-refractivity contribution in [3.8, 4) is 0 Å². The van der Waals surface area contributed by atoms with Gasteiger partial charge in [-0.25, -0.2) is 0 Å². The molecule has 1 rings (SSSR count). The lowest BCUT2D eigenvalue weighted by atomic mass is 10.3. The molecule has 1 fully saturated rings. The maximum Gasteiger partial charge on any atom is 0.0395 e. The normalized spacial score (nSPS) is 24.3. The summed E-state index contributed by atoms with van der Waals surface area (Å²) in [6, 6.07) is 0. The van der Waals surface area contributed by atoms with Crippen LogP contribution in [-0.2, 0) is 0 Å². The number of thiol groups is 1. The maximum absolute atomic E-state index is 4.16. The zero-order valence-electron chi connectivity index (χ0n) is 6.49. The summed E-state index contributed by atoms with van der Waals surface area (Å²) in [6.07, 6.45) is 2.79. The number of hydrogen-bond donors (Lipinski definition) is 1. The lowest BCUT2D eigenvalue weighted by molar-refractivity contribution is 0.806. The summed E-state index contributed by atoms with van der Waals surface area (Å²) in [5.74, 6) is 2.68. The third kappa shape index (κ3) is 4.86. The fourth-order valence-electron chi connectivity index (χ4n) is 1.02. The molecule has 0 N–H and O–H groups in total. The van der Waals surface area contributed by atoms with Crippen LogP contribution >= 0.6 is 47.9 Å². The molecule has 0 bridgehead atoms. The minimum Gasteiger partial charge on any atom is -0.168 e. The van der Waals surface area contributed by atoms with E-state index in [1.54, 1.807) is 0 Å². The highest BCUT2D eigenvalue weighted by Crippen LogP contribution is 2.32. The fraction of sp³-hybridized carbons (Fsp3) is 1.00. The van der Waals surface area contributed by atoms with E-state index in [1.807, 2.05) is 11.8 Å². The largest absolute Gasteiger partial charge is 0.168 e. The van der Waals surface area contributed by atoms with Crippen molar-refractivity contribution < 1.29 is 0 Å². The van der Waals surface area contributed by atoms with Crippen LogP contribution in [0.5, 0.6) is 0 Å². The van der Waals surface area contributed by atoms with Gasteiger partial charge in [0.25, 0.3) is 0 Å². The molecule has 0 spiro atoms. The molecule has 0 aliphatic carbocycles. The first-order valence-corrected chi connectivity index (χ1v) is 7.80. The van der Waals surface area contributed by atoms with E-state index in [-0.39, 0.29) is 0 Å². The second-order valence-corrected chi connectivity index (χ2v) is 6.99. The Labute approximate surface area is 87.4 Å². The summed E-state index contributed by atoms with van der Waals surface area (Å²) in [4.78, 5) is 0. The van der Waals surface area contributed by atoms with Crippen molar-refractivity contribution in [1.29, 1.82) is 0 Å². The van der Waals surface area contributed by atoms with Gasteiger partial charge in [0.2, 0.25) is 0 Å². The smallest absolute Gasteiger partial charge is 0.0395 e. The zero-order chi connectivity index (χ0) is 7.94. The molecule has 1 atom stereocenters. The van der Waals surface area contributed by atoms with Crippen molar-refractivity contribution in [2.45, 2.75) is 18.1 Å². The third-order valence-corrected chi connectivity index (χ3v) is 5.84. The molecule has 0 aromatic carbocycles. The molecule has 0 saturated carbocycles. The first-order chi connectivity index (χ1) is 5.43. The predicted octanol–water partition coefficient (Wildman–Crippen LogP) is 3.19. The van der Waals surface area contributed by atoms with Crippen LogP contribution < -0.4 is 0 Å². The van der Waals surface area contributed by atoms with Gasteiger partial charge < -0.3 is 0 Å². The minimum atomic E-state index is 0.959. The summed E-state index contributed by atoms with van der Waals surface area (Å²) in [5, 5.41) is 3.26. The second-order valence-electron chi connectivity index (χ2n) is 2.46. The van der Waals surface area contributed by atoms with E-state index in [4.69, 9.17) is 0 Å². The summed E-state index contributed by atoms with van der Waals surface area (Å²) < 4.78 is 0. The van der Waals surface area contributed by atoms with Gasteiger partial charge in [-0.05, 0) is 18.6 Å². The summed E-state index contributed by atoms with van der Waals surface area (Å²) in [6.45, 7) is 0. The molecule has 4 heteroatoms. The number of hydrogen-bond acceptors (Lipinski definition) is 4. The van der Waals surface area contributed by atoms with Crippen molar-refractivity contribution in [1.82, 2.24) is 0 Å². The van der Waals surface area contributed by atoms with Gasteiger partial charge in [0.05, 0.1) is 0 Å². The van der Waals surface area contributed by atoms with Gasteiger partial charge in [-0.3, -0.25) is 0 Å². The molecule has 0 radical (unpaired) electrons. The Morgan fingerprint density at radius 3 is 3.09 bits per heavy atom. The maximum atomic E-state index is 4.16. The van der Waals surface area contributed by atoms with Gasteiger partial charge >= 0.3 is 0 Å². The Kier molecular flexibility index (Phi) is 6.54. The highest BCUT2D eigenvalue weighted by Gasteiger charge is 2.14. The molecule has 11 heavy (non-hydrogen) atoms. The molecule has 0 aromatic rings. The van der Waals surface area contributed by atoms with E-state index in [9.17, 15) is 0 Å². The Bertz CT molecular complexity index is 90.4. The van der Waals surface area contributed by atoms with Crippen LogP contribution in [0.15, 0.2) is 0 Å². The fourth-order valence-corrected chi connectivity index (χ4v) is 4.88. The van der Waals surface area contributed by atoms with Gasteiger partial charge in [-0.2, -0.15) is 24.4 Å². The van der Waals surface area contributed by atoms with Crippen LogP contribution in [0.1, 0.15) is 12.8 Å². The average Bonchev–Trinajstić information content (AvgIpc) is 2.50. The molecule has 0 amide bonds. The van der Waals surface area contributed by atoms with Gasteiger partial charge in [0.1, 0.15) is 0 Å². The van der Waals surface area contributed by atoms with E-state index in [0.29, 0.717) is 0 Å². The Balaban J connectivity index is 1.86. The summed E-state index contributed by atoms with van der Waals surface area (Å²) in [5.41, 5.74) is 0. The monoisotopic (exact) mass is 226 g/mol. The van der Waals surface area contributed by atoms with Gasteiger partial charge in [-0.1, -0.05) is 0 Å². The van der Waals surface area contributed by atoms with Crippen molar-refractivity contribution >= 4 is 47.9 Å². The molecule has 1 aliphatic rings. The first-order valence-electron chi connectivity index (χ1n) is 3.81. The van der Waals surface area contributed by atoms with Crippen molar-refractivity contribution in [2.24, 2.45) is 0 Å². The molecular weight excluding hydrogens is 212 g/mol. The lowest BCUT2D eigenvalue weighted by Gasteiger charge is -2.05. The average molecular weight is 226 g/mol. The predicted molar refractivity (Wildman–Crippen MR) is 64.2 cm³/mol. The first kappa shape index (κ1) is 10.5. The second kappa shape index (κ2) is 6.87. The number of rotatable bonds is 5. The standard InChI is InChI=1S/C7H14S4/c8-5-9-3-1-2-7-4-10-6-11-7/h7-8H,1-6H2. The quantitative estimate of drug-likeness (QED) is 0.435. The minimum absolute atomic E-state index is 0.959. The molecule has 1 saturated heterocycles. The molecule has 0 nitrogen and oxygen atoms in total. The van der Waals surface area contributed by atoms with Gasteiger partial charge in [0, 0.05) is 21.2 Å². The van der Waals surface area contributed by atoms with Crippen LogP contribution in [0, 0.1) is 0 Å². The molecular formula is C7H14S4. The van der Waals surface area contributed by atoms with E-state index in [0.717, 1.165) is 10.3 Å². The van der Waals surface area contributed by atoms with Crippen LogP contribution in [0.4, 0.5) is 0 Å². The Hall–Kier alpha value is 1.40. The number of thioether (sulfide) groups is 3. The molecule has 66 valence electrons. The van der Waals surface area contributed by atoms with Gasteiger partial charge in [0.15, 0.2) is 0 Å². The van der Waals surface area contributed by atoms with Crippen molar-refractivity contribution in [3.05, 3.63) is 0 Å². The van der Waals surface area contributed by atoms with E-state index < -0.39 is 0 Å². The highest BCUT2D eigenvalue weighted by molar-refractivity contribution is 8.19.